The highest BCUT2D eigenvalue weighted by Gasteiger charge is 2.17. The number of hydrogen-bond acceptors (Lipinski definition) is 4. The molecule has 0 amide bonds. The average molecular weight is 345 g/mol. The average Bonchev–Trinajstić information content (AvgIpc) is 2.68. The maximum absolute atomic E-state index is 13.0. The topological polar surface area (TPSA) is 80.4 Å². The lowest BCUT2D eigenvalue weighted by Crippen LogP contribution is -2.29. The van der Waals surface area contributed by atoms with Crippen molar-refractivity contribution in [3.63, 3.8) is 0 Å². The van der Waals surface area contributed by atoms with Crippen LogP contribution >= 0.6 is 0 Å². The lowest BCUT2D eigenvalue weighted by Gasteiger charge is -2.10. The van der Waals surface area contributed by atoms with E-state index in [1.807, 2.05) is 48.5 Å². The van der Waals surface area contributed by atoms with Gasteiger partial charge in [-0.05, 0) is 23.6 Å². The fourth-order valence-electron chi connectivity index (χ4n) is 2.85. The summed E-state index contributed by atoms with van der Waals surface area (Å²) in [4.78, 5) is 24.9. The fraction of sp³-hybridized carbons (Fsp3) is 0.0909. The molecule has 4 heteroatoms. The van der Waals surface area contributed by atoms with Crippen molar-refractivity contribution < 1.29 is 14.7 Å². The van der Waals surface area contributed by atoms with Crippen molar-refractivity contribution in [1.29, 1.82) is 0 Å². The third-order valence-electron chi connectivity index (χ3n) is 4.18. The molecule has 0 aromatic heterocycles. The summed E-state index contributed by atoms with van der Waals surface area (Å²) < 4.78 is 0. The molecule has 3 rings (SSSR count). The Labute approximate surface area is 151 Å². The van der Waals surface area contributed by atoms with Crippen LogP contribution in [0.3, 0.4) is 0 Å². The van der Waals surface area contributed by atoms with Crippen molar-refractivity contribution in [2.24, 2.45) is 5.73 Å². The first kappa shape index (κ1) is 17.7. The predicted molar refractivity (Wildman–Crippen MR) is 100 cm³/mol. The molecule has 0 aliphatic heterocycles. The number of Topliss-reactive ketones (excluding diaryl/α,β-unsaturated/α-hetero) is 1. The minimum Gasteiger partial charge on any atom is -0.371 e. The van der Waals surface area contributed by atoms with E-state index in [9.17, 15) is 14.7 Å². The Morgan fingerprint density at radius 1 is 0.846 bits per heavy atom. The molecule has 1 atom stereocenters. The lowest BCUT2D eigenvalue weighted by atomic mass is 9.93. The zero-order valence-electron chi connectivity index (χ0n) is 14.1. The van der Waals surface area contributed by atoms with Crippen molar-refractivity contribution in [3.05, 3.63) is 107 Å². The molecule has 3 N–H and O–H groups in total. The number of benzene rings is 3. The molecule has 0 fully saturated rings. The van der Waals surface area contributed by atoms with E-state index in [1.165, 1.54) is 12.1 Å². The quantitative estimate of drug-likeness (QED) is 0.532. The van der Waals surface area contributed by atoms with Gasteiger partial charge in [-0.25, -0.2) is 0 Å². The van der Waals surface area contributed by atoms with Crippen molar-refractivity contribution >= 4 is 11.6 Å². The first-order valence-electron chi connectivity index (χ1n) is 8.30. The molecular weight excluding hydrogens is 326 g/mol. The number of aliphatic hydroxyl groups is 1. The number of aliphatic hydroxyl groups excluding tert-OH is 1. The number of rotatable bonds is 6. The molecule has 130 valence electrons. The van der Waals surface area contributed by atoms with Gasteiger partial charge in [0.25, 0.3) is 0 Å². The Bertz CT molecular complexity index is 933. The fourth-order valence-corrected chi connectivity index (χ4v) is 2.85. The molecule has 0 bridgehead atoms. The molecular formula is C22H19NO3. The van der Waals surface area contributed by atoms with Gasteiger partial charge >= 0.3 is 0 Å². The van der Waals surface area contributed by atoms with E-state index in [1.54, 1.807) is 18.2 Å². The van der Waals surface area contributed by atoms with E-state index in [2.05, 4.69) is 0 Å². The molecule has 4 nitrogen and oxygen atoms in total. The highest BCUT2D eigenvalue weighted by Crippen LogP contribution is 2.19. The van der Waals surface area contributed by atoms with Gasteiger partial charge < -0.3 is 5.11 Å². The van der Waals surface area contributed by atoms with E-state index >= 15 is 0 Å². The summed E-state index contributed by atoms with van der Waals surface area (Å²) in [6.45, 7) is 0. The summed E-state index contributed by atoms with van der Waals surface area (Å²) in [6.07, 6.45) is -0.950. The van der Waals surface area contributed by atoms with Crippen molar-refractivity contribution in [2.75, 3.05) is 0 Å². The van der Waals surface area contributed by atoms with Crippen LogP contribution in [0, 0.1) is 0 Å². The van der Waals surface area contributed by atoms with Crippen LogP contribution < -0.4 is 5.73 Å². The maximum atomic E-state index is 13.0. The van der Waals surface area contributed by atoms with E-state index in [0.29, 0.717) is 17.5 Å². The zero-order valence-corrected chi connectivity index (χ0v) is 14.1. The molecule has 0 heterocycles. The van der Waals surface area contributed by atoms with Gasteiger partial charge in [-0.2, -0.15) is 0 Å². The second kappa shape index (κ2) is 7.87. The predicted octanol–water partition coefficient (Wildman–Crippen LogP) is 2.97. The van der Waals surface area contributed by atoms with Crippen LogP contribution in [-0.2, 0) is 6.42 Å². The van der Waals surface area contributed by atoms with E-state index in [-0.39, 0.29) is 11.3 Å². The summed E-state index contributed by atoms with van der Waals surface area (Å²) in [5.41, 5.74) is 8.46. The third-order valence-corrected chi connectivity index (χ3v) is 4.18. The van der Waals surface area contributed by atoms with Crippen LogP contribution in [0.4, 0.5) is 0 Å². The molecule has 3 aromatic rings. The van der Waals surface area contributed by atoms with Gasteiger partial charge in [0, 0.05) is 16.7 Å². The van der Waals surface area contributed by atoms with Crippen LogP contribution in [0.5, 0.6) is 0 Å². The molecule has 0 saturated heterocycles. The second-order valence-corrected chi connectivity index (χ2v) is 6.04. The van der Waals surface area contributed by atoms with Crippen LogP contribution in [0.1, 0.15) is 37.4 Å². The minimum atomic E-state index is -1.59. The minimum absolute atomic E-state index is 0.169. The molecule has 0 saturated carbocycles. The molecule has 0 radical (unpaired) electrons. The molecule has 3 aromatic carbocycles. The number of hydrogen-bond donors (Lipinski definition) is 2. The summed E-state index contributed by atoms with van der Waals surface area (Å²) in [5, 5.41) is 9.27. The number of ketones is 2. The van der Waals surface area contributed by atoms with Crippen molar-refractivity contribution in [1.82, 2.24) is 0 Å². The number of carbonyl (C=O) groups is 2. The Morgan fingerprint density at radius 2 is 1.50 bits per heavy atom. The van der Waals surface area contributed by atoms with Gasteiger partial charge in [0.05, 0.1) is 0 Å². The summed E-state index contributed by atoms with van der Waals surface area (Å²) in [7, 11) is 0. The van der Waals surface area contributed by atoms with E-state index < -0.39 is 12.0 Å². The van der Waals surface area contributed by atoms with E-state index in [4.69, 9.17) is 5.73 Å². The van der Waals surface area contributed by atoms with Crippen molar-refractivity contribution in [2.45, 2.75) is 12.6 Å². The van der Waals surface area contributed by atoms with Gasteiger partial charge in [-0.1, -0.05) is 72.8 Å². The highest BCUT2D eigenvalue weighted by molar-refractivity contribution is 6.11. The summed E-state index contributed by atoms with van der Waals surface area (Å²) >= 11 is 0. The SMILES string of the molecule is NC(O)C(=O)c1cccc(C(=O)c2ccccc2Cc2ccccc2)c1. The Hall–Kier alpha value is -3.08. The molecule has 26 heavy (non-hydrogen) atoms. The van der Waals surface area contributed by atoms with Crippen LogP contribution in [0.15, 0.2) is 78.9 Å². The standard InChI is InChI=1S/C22H19NO3/c23-22(26)21(25)18-11-6-10-17(14-18)20(24)19-12-5-4-9-16(19)13-15-7-2-1-3-8-15/h1-12,14,22,26H,13,23H2. The molecule has 0 aliphatic carbocycles. The smallest absolute Gasteiger partial charge is 0.205 e. The summed E-state index contributed by atoms with van der Waals surface area (Å²) in [6, 6.07) is 23.6. The largest absolute Gasteiger partial charge is 0.371 e. The maximum Gasteiger partial charge on any atom is 0.205 e. The van der Waals surface area contributed by atoms with Crippen LogP contribution in [-0.4, -0.2) is 22.9 Å². The van der Waals surface area contributed by atoms with E-state index in [0.717, 1.165) is 11.1 Å². The monoisotopic (exact) mass is 345 g/mol. The van der Waals surface area contributed by atoms with Gasteiger partial charge in [0.1, 0.15) is 0 Å². The normalized spacial score (nSPS) is 11.8. The zero-order chi connectivity index (χ0) is 18.5. The number of nitrogens with two attached hydrogens (primary N) is 1. The Balaban J connectivity index is 1.94. The molecule has 0 aliphatic rings. The van der Waals surface area contributed by atoms with Gasteiger partial charge in [0.15, 0.2) is 12.0 Å². The van der Waals surface area contributed by atoms with Gasteiger partial charge in [-0.15, -0.1) is 0 Å². The van der Waals surface area contributed by atoms with Crippen molar-refractivity contribution in [3.8, 4) is 0 Å². The second-order valence-electron chi connectivity index (χ2n) is 6.04. The number of carbonyl (C=O) groups excluding carboxylic acids is 2. The van der Waals surface area contributed by atoms with Gasteiger partial charge in [-0.3, -0.25) is 15.3 Å². The van der Waals surface area contributed by atoms with Crippen LogP contribution in [0.25, 0.3) is 0 Å². The lowest BCUT2D eigenvalue weighted by molar-refractivity contribution is 0.0759. The Kier molecular flexibility index (Phi) is 5.37. The Morgan fingerprint density at radius 3 is 2.23 bits per heavy atom. The highest BCUT2D eigenvalue weighted by atomic mass is 16.3. The molecule has 0 spiro atoms. The summed E-state index contributed by atoms with van der Waals surface area (Å²) in [5.74, 6) is -0.782. The molecule has 1 unspecified atom stereocenters. The first-order valence-corrected chi connectivity index (χ1v) is 8.30. The third kappa shape index (κ3) is 3.94. The van der Waals surface area contributed by atoms with Crippen LogP contribution in [0.2, 0.25) is 0 Å². The van der Waals surface area contributed by atoms with Gasteiger partial charge in [0.2, 0.25) is 5.78 Å². The first-order chi connectivity index (χ1) is 12.6.